The first-order valence-corrected chi connectivity index (χ1v) is 6.44. The zero-order valence-corrected chi connectivity index (χ0v) is 11.6. The van der Waals surface area contributed by atoms with Gasteiger partial charge in [-0.25, -0.2) is 4.39 Å². The molecule has 0 spiro atoms. The third-order valence-corrected chi connectivity index (χ3v) is 3.19. The zero-order chi connectivity index (χ0) is 14.9. The Hall–Kier alpha value is -2.17. The summed E-state index contributed by atoms with van der Waals surface area (Å²) in [6.07, 6.45) is 0.543. The molecule has 0 radical (unpaired) electrons. The third-order valence-electron chi connectivity index (χ3n) is 3.19. The molecule has 106 valence electrons. The van der Waals surface area contributed by atoms with Crippen molar-refractivity contribution in [3.63, 3.8) is 0 Å². The number of hydrogen-bond acceptors (Lipinski definition) is 2. The Bertz CT molecular complexity index is 583. The number of nitrogens with one attached hydrogen (secondary N) is 1. The number of benzene rings is 1. The Morgan fingerprint density at radius 3 is 2.90 bits per heavy atom. The van der Waals surface area contributed by atoms with Gasteiger partial charge in [-0.1, -0.05) is 18.6 Å². The number of nitrogens with zero attached hydrogens (tertiary/aromatic N) is 1. The first-order valence-electron chi connectivity index (χ1n) is 6.44. The Balaban J connectivity index is 2.34. The first-order chi connectivity index (χ1) is 9.40. The lowest BCUT2D eigenvalue weighted by Gasteiger charge is -2.31. The van der Waals surface area contributed by atoms with Crippen molar-refractivity contribution in [1.82, 2.24) is 0 Å². The van der Waals surface area contributed by atoms with Crippen LogP contribution in [0.5, 0.6) is 0 Å². The van der Waals surface area contributed by atoms with Gasteiger partial charge in [0, 0.05) is 5.92 Å². The minimum absolute atomic E-state index is 0.0691. The molecule has 0 saturated carbocycles. The highest BCUT2D eigenvalue weighted by molar-refractivity contribution is 6.10. The fraction of sp³-hybridized carbons (Fsp3) is 0.333. The van der Waals surface area contributed by atoms with Crippen LogP contribution in [0.15, 0.2) is 30.4 Å². The summed E-state index contributed by atoms with van der Waals surface area (Å²) in [5.41, 5.74) is 1.37. The van der Waals surface area contributed by atoms with Gasteiger partial charge in [-0.05, 0) is 25.5 Å². The van der Waals surface area contributed by atoms with Gasteiger partial charge >= 0.3 is 0 Å². The highest BCUT2D eigenvalue weighted by atomic mass is 19.1. The molecule has 1 aromatic rings. The Morgan fingerprint density at radius 1 is 1.55 bits per heavy atom. The fourth-order valence-corrected chi connectivity index (χ4v) is 2.34. The lowest BCUT2D eigenvalue weighted by atomic mass is 10.0. The number of carbonyl (C=O) groups excluding carboxylic acids is 2. The van der Waals surface area contributed by atoms with Gasteiger partial charge in [0.1, 0.15) is 18.0 Å². The minimum atomic E-state index is -0.541. The summed E-state index contributed by atoms with van der Waals surface area (Å²) in [6.45, 7) is 7.33. The van der Waals surface area contributed by atoms with Gasteiger partial charge in [0.05, 0.1) is 5.69 Å². The van der Waals surface area contributed by atoms with Crippen molar-refractivity contribution in [2.24, 2.45) is 5.92 Å². The van der Waals surface area contributed by atoms with E-state index in [2.05, 4.69) is 11.9 Å². The summed E-state index contributed by atoms with van der Waals surface area (Å²) in [6, 6.07) is 4.41. The van der Waals surface area contributed by atoms with E-state index in [1.54, 1.807) is 13.0 Å². The summed E-state index contributed by atoms with van der Waals surface area (Å²) >= 11 is 0. The number of hydrogen-bond donors (Lipinski definition) is 1. The van der Waals surface area contributed by atoms with E-state index in [-0.39, 0.29) is 24.1 Å². The summed E-state index contributed by atoms with van der Waals surface area (Å²) in [7, 11) is 0. The fourth-order valence-electron chi connectivity index (χ4n) is 2.34. The molecule has 4 nitrogen and oxygen atoms in total. The van der Waals surface area contributed by atoms with E-state index in [1.165, 1.54) is 17.0 Å². The lowest BCUT2D eigenvalue weighted by molar-refractivity contribution is -0.124. The molecule has 5 heteroatoms. The normalized spacial score (nSPS) is 15.3. The second kappa shape index (κ2) is 5.45. The molecule has 20 heavy (non-hydrogen) atoms. The van der Waals surface area contributed by atoms with Gasteiger partial charge in [-0.15, -0.1) is 6.58 Å². The maximum Gasteiger partial charge on any atom is 0.244 e. The monoisotopic (exact) mass is 276 g/mol. The number of halogens is 1. The van der Waals surface area contributed by atoms with Gasteiger partial charge < -0.3 is 10.2 Å². The van der Waals surface area contributed by atoms with Gasteiger partial charge in [0.2, 0.25) is 11.8 Å². The van der Waals surface area contributed by atoms with Gasteiger partial charge in [0.15, 0.2) is 0 Å². The maximum absolute atomic E-state index is 13.7. The van der Waals surface area contributed by atoms with E-state index in [4.69, 9.17) is 0 Å². The van der Waals surface area contributed by atoms with Crippen LogP contribution < -0.4 is 10.2 Å². The smallest absolute Gasteiger partial charge is 0.244 e. The third kappa shape index (κ3) is 2.71. The van der Waals surface area contributed by atoms with E-state index >= 15 is 0 Å². The number of allylic oxidation sites excluding steroid dienone is 1. The number of carbonyl (C=O) groups is 2. The number of para-hydroxylation sites is 1. The van der Waals surface area contributed by atoms with Crippen LogP contribution in [0.25, 0.3) is 0 Å². The second-order valence-electron chi connectivity index (χ2n) is 5.17. The largest absolute Gasteiger partial charge is 0.320 e. The van der Waals surface area contributed by atoms with E-state index in [0.717, 1.165) is 5.57 Å². The molecule has 1 N–H and O–H groups in total. The van der Waals surface area contributed by atoms with Crippen LogP contribution in [-0.4, -0.2) is 18.4 Å². The zero-order valence-electron chi connectivity index (χ0n) is 11.6. The molecular weight excluding hydrogens is 259 g/mol. The van der Waals surface area contributed by atoms with Crippen molar-refractivity contribution in [2.75, 3.05) is 16.8 Å². The SMILES string of the molecule is C=C(C)CC(C)C(=O)N1CC(=O)Nc2c(F)cccc21. The van der Waals surface area contributed by atoms with E-state index in [1.807, 2.05) is 6.92 Å². The van der Waals surface area contributed by atoms with Crippen LogP contribution in [-0.2, 0) is 9.59 Å². The standard InChI is InChI=1S/C15H17FN2O2/c1-9(2)7-10(3)15(20)18-8-13(19)17-14-11(16)5-4-6-12(14)18/h4-6,10H,1,7-8H2,2-3H3,(H,17,19). The van der Waals surface area contributed by atoms with E-state index in [9.17, 15) is 14.0 Å². The molecule has 2 rings (SSSR count). The average Bonchev–Trinajstić information content (AvgIpc) is 2.37. The Labute approximate surface area is 117 Å². The van der Waals surface area contributed by atoms with Crippen molar-refractivity contribution < 1.29 is 14.0 Å². The summed E-state index contributed by atoms with van der Waals surface area (Å²) in [4.78, 5) is 25.4. The van der Waals surface area contributed by atoms with Gasteiger partial charge in [-0.2, -0.15) is 0 Å². The van der Waals surface area contributed by atoms with Crippen LogP contribution in [0.1, 0.15) is 20.3 Å². The molecule has 0 saturated heterocycles. The molecule has 1 heterocycles. The maximum atomic E-state index is 13.7. The molecule has 1 unspecified atom stereocenters. The summed E-state index contributed by atoms with van der Waals surface area (Å²) < 4.78 is 13.7. The molecule has 1 atom stereocenters. The number of anilines is 2. The lowest BCUT2D eigenvalue weighted by Crippen LogP contribution is -2.44. The predicted octanol–water partition coefficient (Wildman–Crippen LogP) is 2.71. The molecule has 2 amide bonds. The quantitative estimate of drug-likeness (QED) is 0.863. The first kappa shape index (κ1) is 14.2. The molecule has 1 aromatic carbocycles. The molecule has 1 aliphatic heterocycles. The van der Waals surface area contributed by atoms with Crippen molar-refractivity contribution in [3.8, 4) is 0 Å². The van der Waals surface area contributed by atoms with Crippen LogP contribution in [0, 0.1) is 11.7 Å². The van der Waals surface area contributed by atoms with Gasteiger partial charge in [0.25, 0.3) is 0 Å². The summed E-state index contributed by atoms with van der Waals surface area (Å²) in [5.74, 6) is -1.43. The van der Waals surface area contributed by atoms with Crippen LogP contribution >= 0.6 is 0 Å². The number of fused-ring (bicyclic) bond motifs is 1. The molecule has 0 fully saturated rings. The number of rotatable bonds is 3. The van der Waals surface area contributed by atoms with Crippen LogP contribution in [0.4, 0.5) is 15.8 Å². The van der Waals surface area contributed by atoms with Crippen molar-refractivity contribution in [1.29, 1.82) is 0 Å². The van der Waals surface area contributed by atoms with Crippen LogP contribution in [0.3, 0.4) is 0 Å². The van der Waals surface area contributed by atoms with E-state index < -0.39 is 11.7 Å². The average molecular weight is 276 g/mol. The van der Waals surface area contributed by atoms with Crippen molar-refractivity contribution in [3.05, 3.63) is 36.2 Å². The second-order valence-corrected chi connectivity index (χ2v) is 5.17. The number of amides is 2. The molecular formula is C15H17FN2O2. The topological polar surface area (TPSA) is 49.4 Å². The van der Waals surface area contributed by atoms with E-state index in [0.29, 0.717) is 12.1 Å². The summed E-state index contributed by atoms with van der Waals surface area (Å²) in [5, 5.41) is 2.47. The Kier molecular flexibility index (Phi) is 3.88. The van der Waals surface area contributed by atoms with Crippen molar-refractivity contribution >= 4 is 23.2 Å². The highest BCUT2D eigenvalue weighted by Gasteiger charge is 2.30. The molecule has 0 aromatic heterocycles. The van der Waals surface area contributed by atoms with Crippen molar-refractivity contribution in [2.45, 2.75) is 20.3 Å². The minimum Gasteiger partial charge on any atom is -0.320 e. The Morgan fingerprint density at radius 2 is 2.25 bits per heavy atom. The molecule has 0 aliphatic carbocycles. The molecule has 0 bridgehead atoms. The molecule has 1 aliphatic rings. The highest BCUT2D eigenvalue weighted by Crippen LogP contribution is 2.33. The van der Waals surface area contributed by atoms with Gasteiger partial charge in [-0.3, -0.25) is 9.59 Å². The predicted molar refractivity (Wildman–Crippen MR) is 76.0 cm³/mol. The van der Waals surface area contributed by atoms with Crippen LogP contribution in [0.2, 0.25) is 0 Å².